The molecule has 0 aliphatic heterocycles. The summed E-state index contributed by atoms with van der Waals surface area (Å²) in [5, 5.41) is 1.25. The molecule has 0 radical (unpaired) electrons. The highest BCUT2D eigenvalue weighted by molar-refractivity contribution is 5.87. The van der Waals surface area contributed by atoms with Crippen LogP contribution in [0.15, 0.2) is 55.0 Å². The van der Waals surface area contributed by atoms with E-state index in [2.05, 4.69) is 46.2 Å². The molecule has 0 aliphatic carbocycles. The van der Waals surface area contributed by atoms with Crippen LogP contribution < -0.4 is 0 Å². The molecule has 0 atom stereocenters. The number of H-pyrrole nitrogens is 1. The van der Waals surface area contributed by atoms with Crippen molar-refractivity contribution in [1.29, 1.82) is 0 Å². The largest absolute Gasteiger partial charge is 0.361 e. The Bertz CT molecular complexity index is 546. The summed E-state index contributed by atoms with van der Waals surface area (Å²) in [6.45, 7) is 0. The topological polar surface area (TPSA) is 20.7 Å². The molecule has 2 heteroatoms. The number of fused-ring (bicyclic) bond motifs is 1. The van der Waals surface area contributed by atoms with Gasteiger partial charge in [-0.05, 0) is 30.3 Å². The minimum atomic E-state index is 1.18. The van der Waals surface area contributed by atoms with E-state index in [9.17, 15) is 0 Å². The third-order valence-electron chi connectivity index (χ3n) is 2.45. The number of aromatic amines is 1. The summed E-state index contributed by atoms with van der Waals surface area (Å²) in [6, 6.07) is 12.4. The molecule has 14 heavy (non-hydrogen) atoms. The van der Waals surface area contributed by atoms with Crippen molar-refractivity contribution in [2.24, 2.45) is 0 Å². The van der Waals surface area contributed by atoms with E-state index in [1.165, 1.54) is 16.6 Å². The van der Waals surface area contributed by atoms with Gasteiger partial charge in [-0.25, -0.2) is 0 Å². The number of nitrogens with one attached hydrogen (secondary N) is 1. The van der Waals surface area contributed by atoms with Crippen LogP contribution in [-0.2, 0) is 0 Å². The van der Waals surface area contributed by atoms with Gasteiger partial charge in [-0.3, -0.25) is 0 Å². The number of hydrogen-bond donors (Lipinski definition) is 1. The van der Waals surface area contributed by atoms with Gasteiger partial charge < -0.3 is 9.55 Å². The van der Waals surface area contributed by atoms with Crippen LogP contribution in [0.25, 0.3) is 16.6 Å². The van der Waals surface area contributed by atoms with Crippen molar-refractivity contribution in [3.05, 3.63) is 55.0 Å². The minimum absolute atomic E-state index is 1.18. The van der Waals surface area contributed by atoms with Gasteiger partial charge in [-0.2, -0.15) is 0 Å². The standard InChI is InChI=1S/C12H10N2/c1-2-9-14(8-1)12-5-3-4-11-10(12)6-7-13-11/h1-9,13H. The lowest BCUT2D eigenvalue weighted by atomic mass is 10.2. The number of rotatable bonds is 1. The van der Waals surface area contributed by atoms with Crippen LogP contribution in [0.5, 0.6) is 0 Å². The van der Waals surface area contributed by atoms with Crippen molar-refractivity contribution < 1.29 is 0 Å². The Kier molecular flexibility index (Phi) is 1.47. The fourth-order valence-electron chi connectivity index (χ4n) is 1.79. The number of aromatic nitrogens is 2. The molecule has 0 unspecified atom stereocenters. The first-order valence-electron chi connectivity index (χ1n) is 4.64. The van der Waals surface area contributed by atoms with Crippen molar-refractivity contribution >= 4 is 10.9 Å². The normalized spacial score (nSPS) is 10.9. The fraction of sp³-hybridized carbons (Fsp3) is 0. The number of hydrogen-bond acceptors (Lipinski definition) is 0. The summed E-state index contributed by atoms with van der Waals surface area (Å²) in [5.74, 6) is 0. The molecule has 0 amide bonds. The summed E-state index contributed by atoms with van der Waals surface area (Å²) >= 11 is 0. The third-order valence-corrected chi connectivity index (χ3v) is 2.45. The quantitative estimate of drug-likeness (QED) is 0.597. The van der Waals surface area contributed by atoms with E-state index in [1.807, 2.05) is 18.3 Å². The van der Waals surface area contributed by atoms with Gasteiger partial charge in [0.25, 0.3) is 0 Å². The lowest BCUT2D eigenvalue weighted by Gasteiger charge is -2.03. The van der Waals surface area contributed by atoms with Crippen molar-refractivity contribution in [2.75, 3.05) is 0 Å². The van der Waals surface area contributed by atoms with Gasteiger partial charge in [0.2, 0.25) is 0 Å². The summed E-state index contributed by atoms with van der Waals surface area (Å²) in [6.07, 6.45) is 6.08. The van der Waals surface area contributed by atoms with Crippen LogP contribution in [0.3, 0.4) is 0 Å². The van der Waals surface area contributed by atoms with E-state index < -0.39 is 0 Å². The minimum Gasteiger partial charge on any atom is -0.361 e. The van der Waals surface area contributed by atoms with Crippen LogP contribution in [0.4, 0.5) is 0 Å². The SMILES string of the molecule is c1cc(-n2cccc2)c2cc[nH]c2c1. The lowest BCUT2D eigenvalue weighted by Crippen LogP contribution is -1.89. The average molecular weight is 182 g/mol. The van der Waals surface area contributed by atoms with E-state index in [0.29, 0.717) is 0 Å². The van der Waals surface area contributed by atoms with E-state index in [1.54, 1.807) is 0 Å². The molecule has 1 aromatic carbocycles. The molecule has 0 saturated heterocycles. The summed E-state index contributed by atoms with van der Waals surface area (Å²) in [5.41, 5.74) is 2.39. The Morgan fingerprint density at radius 3 is 2.64 bits per heavy atom. The van der Waals surface area contributed by atoms with Gasteiger partial charge >= 0.3 is 0 Å². The Hall–Kier alpha value is -1.96. The monoisotopic (exact) mass is 182 g/mol. The second-order valence-electron chi connectivity index (χ2n) is 3.31. The zero-order valence-electron chi connectivity index (χ0n) is 7.64. The first kappa shape index (κ1) is 7.44. The highest BCUT2D eigenvalue weighted by Crippen LogP contribution is 2.20. The van der Waals surface area contributed by atoms with Gasteiger partial charge in [0.15, 0.2) is 0 Å². The first-order valence-corrected chi connectivity index (χ1v) is 4.64. The smallest absolute Gasteiger partial charge is 0.0543 e. The van der Waals surface area contributed by atoms with Crippen molar-refractivity contribution in [3.8, 4) is 5.69 Å². The van der Waals surface area contributed by atoms with Gasteiger partial charge in [0.05, 0.1) is 5.69 Å². The second-order valence-corrected chi connectivity index (χ2v) is 3.31. The predicted octanol–water partition coefficient (Wildman–Crippen LogP) is 2.96. The molecule has 2 aromatic heterocycles. The molecular formula is C12H10N2. The maximum atomic E-state index is 3.21. The Morgan fingerprint density at radius 1 is 0.929 bits per heavy atom. The summed E-state index contributed by atoms with van der Waals surface area (Å²) in [7, 11) is 0. The van der Waals surface area contributed by atoms with E-state index in [0.717, 1.165) is 0 Å². The molecule has 0 bridgehead atoms. The van der Waals surface area contributed by atoms with Crippen molar-refractivity contribution in [2.45, 2.75) is 0 Å². The third kappa shape index (κ3) is 0.973. The number of benzene rings is 1. The van der Waals surface area contributed by atoms with E-state index in [-0.39, 0.29) is 0 Å². The molecule has 68 valence electrons. The molecule has 1 N–H and O–H groups in total. The molecule has 0 saturated carbocycles. The van der Waals surface area contributed by atoms with Crippen molar-refractivity contribution in [1.82, 2.24) is 9.55 Å². The Morgan fingerprint density at radius 2 is 1.79 bits per heavy atom. The van der Waals surface area contributed by atoms with Gasteiger partial charge in [-0.15, -0.1) is 0 Å². The maximum absolute atomic E-state index is 3.21. The zero-order valence-corrected chi connectivity index (χ0v) is 7.64. The Labute approximate surface area is 81.8 Å². The summed E-state index contributed by atoms with van der Waals surface area (Å²) in [4.78, 5) is 3.21. The van der Waals surface area contributed by atoms with Gasteiger partial charge in [-0.1, -0.05) is 6.07 Å². The highest BCUT2D eigenvalue weighted by Gasteiger charge is 2.01. The van der Waals surface area contributed by atoms with Crippen LogP contribution in [0.2, 0.25) is 0 Å². The predicted molar refractivity (Wildman–Crippen MR) is 57.6 cm³/mol. The number of nitrogens with zero attached hydrogens (tertiary/aromatic N) is 1. The Balaban J connectivity index is 2.36. The average Bonchev–Trinajstić information content (AvgIpc) is 2.88. The van der Waals surface area contributed by atoms with Crippen LogP contribution in [0.1, 0.15) is 0 Å². The molecule has 0 aliphatic rings. The fourth-order valence-corrected chi connectivity index (χ4v) is 1.79. The second kappa shape index (κ2) is 2.77. The van der Waals surface area contributed by atoms with Crippen LogP contribution >= 0.6 is 0 Å². The van der Waals surface area contributed by atoms with Crippen LogP contribution in [0, 0.1) is 0 Å². The lowest BCUT2D eigenvalue weighted by molar-refractivity contribution is 1.09. The molecule has 2 heterocycles. The molecule has 0 fully saturated rings. The molecule has 3 rings (SSSR count). The van der Waals surface area contributed by atoms with Crippen molar-refractivity contribution in [3.63, 3.8) is 0 Å². The summed E-state index contributed by atoms with van der Waals surface area (Å²) < 4.78 is 2.12. The molecule has 3 aromatic rings. The van der Waals surface area contributed by atoms with E-state index >= 15 is 0 Å². The van der Waals surface area contributed by atoms with Crippen LogP contribution in [-0.4, -0.2) is 9.55 Å². The van der Waals surface area contributed by atoms with E-state index in [4.69, 9.17) is 0 Å². The molecular weight excluding hydrogens is 172 g/mol. The molecule has 2 nitrogen and oxygen atoms in total. The first-order chi connectivity index (χ1) is 6.95. The van der Waals surface area contributed by atoms with Gasteiger partial charge in [0, 0.05) is 29.5 Å². The molecule has 0 spiro atoms. The zero-order chi connectivity index (χ0) is 9.38. The van der Waals surface area contributed by atoms with Gasteiger partial charge in [0.1, 0.15) is 0 Å². The highest BCUT2D eigenvalue weighted by atomic mass is 14.9. The maximum Gasteiger partial charge on any atom is 0.0543 e.